The Balaban J connectivity index is 0.00000180. The van der Waals surface area contributed by atoms with Crippen molar-refractivity contribution in [1.82, 2.24) is 0 Å². The molecule has 0 saturated heterocycles. The molecule has 0 aliphatic rings. The number of hydrogen-bond donors (Lipinski definition) is 1. The molecule has 0 aromatic heterocycles. The Labute approximate surface area is 120 Å². The summed E-state index contributed by atoms with van der Waals surface area (Å²) in [5.41, 5.74) is 2.51. The van der Waals surface area contributed by atoms with Crippen LogP contribution >= 0.6 is 0 Å². The predicted octanol–water partition coefficient (Wildman–Crippen LogP) is -0.983. The van der Waals surface area contributed by atoms with Gasteiger partial charge in [-0.25, -0.2) is 5.41 Å². The zero-order valence-corrected chi connectivity index (χ0v) is 11.7. The van der Waals surface area contributed by atoms with Gasteiger partial charge in [-0.3, -0.25) is 0 Å². The van der Waals surface area contributed by atoms with Crippen LogP contribution in [-0.2, 0) is 4.74 Å². The largest absolute Gasteiger partial charge is 1.00 e. The zero-order chi connectivity index (χ0) is 12.8. The number of methoxy groups -OCH3 is 1. The molecule has 0 amide bonds. The van der Waals surface area contributed by atoms with E-state index >= 15 is 0 Å². The highest BCUT2D eigenvalue weighted by Gasteiger charge is 2.18. The van der Waals surface area contributed by atoms with Crippen LogP contribution in [0.3, 0.4) is 0 Å². The molecule has 2 rings (SSSR count). The lowest BCUT2D eigenvalue weighted by Gasteiger charge is -2.16. The molecule has 0 bridgehead atoms. The van der Waals surface area contributed by atoms with E-state index in [1.165, 1.54) is 11.1 Å². The molecule has 100 valence electrons. The van der Waals surface area contributed by atoms with Gasteiger partial charge in [-0.05, 0) is 11.1 Å². The minimum Gasteiger partial charge on any atom is -1.00 e. The molecule has 2 aromatic carbocycles. The molecule has 2 N–H and O–H groups in total. The first kappa shape index (κ1) is 15.3. The van der Waals surface area contributed by atoms with E-state index in [0.29, 0.717) is 12.3 Å². The highest BCUT2D eigenvalue weighted by atomic mass is 35.5. The summed E-state index contributed by atoms with van der Waals surface area (Å²) in [7, 11) is 1.61. The van der Waals surface area contributed by atoms with Crippen LogP contribution in [0.2, 0.25) is 0 Å². The molecule has 0 aliphatic heterocycles. The summed E-state index contributed by atoms with van der Waals surface area (Å²) in [5.74, 6) is 0.806. The van der Waals surface area contributed by atoms with Crippen LogP contribution < -0.4 is 17.8 Å². The summed E-state index contributed by atoms with van der Waals surface area (Å²) in [6.07, 6.45) is 0.699. The van der Waals surface area contributed by atoms with Crippen LogP contribution in [0.1, 0.15) is 23.5 Å². The maximum atomic E-state index is 5.84. The number of rotatable bonds is 4. The van der Waals surface area contributed by atoms with Gasteiger partial charge in [0.25, 0.3) is 0 Å². The van der Waals surface area contributed by atoms with E-state index in [1.807, 2.05) is 36.4 Å². The highest BCUT2D eigenvalue weighted by Crippen LogP contribution is 2.27. The SMILES string of the molecule is COC(=[NH2+])CC(c1ccccc1)c1ccccc1.[Cl-]. The van der Waals surface area contributed by atoms with E-state index in [1.54, 1.807) is 7.11 Å². The van der Waals surface area contributed by atoms with Crippen molar-refractivity contribution in [2.24, 2.45) is 0 Å². The van der Waals surface area contributed by atoms with Gasteiger partial charge in [0, 0.05) is 5.92 Å². The number of benzene rings is 2. The Hall–Kier alpha value is -1.80. The van der Waals surface area contributed by atoms with Crippen molar-refractivity contribution < 1.29 is 22.6 Å². The van der Waals surface area contributed by atoms with Gasteiger partial charge in [0.05, 0.1) is 13.5 Å². The van der Waals surface area contributed by atoms with Gasteiger partial charge in [-0.2, -0.15) is 0 Å². The van der Waals surface area contributed by atoms with Gasteiger partial charge < -0.3 is 17.1 Å². The van der Waals surface area contributed by atoms with Gasteiger partial charge in [0.2, 0.25) is 0 Å². The lowest BCUT2D eigenvalue weighted by Crippen LogP contribution is -3.00. The minimum atomic E-state index is 0. The molecule has 19 heavy (non-hydrogen) atoms. The molecule has 0 radical (unpaired) electrons. The van der Waals surface area contributed by atoms with Crippen molar-refractivity contribution in [3.8, 4) is 0 Å². The van der Waals surface area contributed by atoms with E-state index in [-0.39, 0.29) is 18.3 Å². The molecule has 3 heteroatoms. The third-order valence-corrected chi connectivity index (χ3v) is 3.07. The van der Waals surface area contributed by atoms with Crippen molar-refractivity contribution in [3.05, 3.63) is 71.8 Å². The van der Waals surface area contributed by atoms with E-state index < -0.39 is 0 Å². The number of halogens is 1. The third-order valence-electron chi connectivity index (χ3n) is 3.07. The Kier molecular flexibility index (Phi) is 6.10. The fourth-order valence-corrected chi connectivity index (χ4v) is 2.08. The number of nitrogens with two attached hydrogens (primary N) is 1. The van der Waals surface area contributed by atoms with Crippen molar-refractivity contribution in [3.63, 3.8) is 0 Å². The van der Waals surface area contributed by atoms with E-state index in [0.717, 1.165) is 0 Å². The molecule has 0 unspecified atom stereocenters. The maximum absolute atomic E-state index is 5.84. The first-order valence-corrected chi connectivity index (χ1v) is 6.06. The summed E-state index contributed by atoms with van der Waals surface area (Å²) in [5, 5.41) is 5.84. The van der Waals surface area contributed by atoms with Crippen LogP contribution in [0.25, 0.3) is 0 Å². The van der Waals surface area contributed by atoms with Crippen molar-refractivity contribution in [2.45, 2.75) is 12.3 Å². The molecule has 0 atom stereocenters. The molecule has 0 aliphatic carbocycles. The van der Waals surface area contributed by atoms with E-state index in [9.17, 15) is 0 Å². The van der Waals surface area contributed by atoms with Crippen molar-refractivity contribution in [2.75, 3.05) is 7.11 Å². The molecule has 0 spiro atoms. The summed E-state index contributed by atoms with van der Waals surface area (Å²) in [6, 6.07) is 20.7. The second-order valence-electron chi connectivity index (χ2n) is 4.25. The van der Waals surface area contributed by atoms with Gasteiger partial charge in [0.15, 0.2) is 0 Å². The fraction of sp³-hybridized carbons (Fsp3) is 0.188. The van der Waals surface area contributed by atoms with Crippen molar-refractivity contribution >= 4 is 5.90 Å². The Morgan fingerprint density at radius 2 is 1.37 bits per heavy atom. The Morgan fingerprint density at radius 1 is 0.947 bits per heavy atom. The Bertz CT molecular complexity index is 459. The molecule has 0 fully saturated rings. The standard InChI is InChI=1S/C16H17NO.ClH/c1-18-16(17)12-15(13-8-4-2-5-9-13)14-10-6-3-7-11-14;/h2-11,15,17H,12H2,1H3;1H. The monoisotopic (exact) mass is 275 g/mol. The summed E-state index contributed by atoms with van der Waals surface area (Å²) in [6.45, 7) is 0. The lowest BCUT2D eigenvalue weighted by molar-refractivity contribution is -0.140. The van der Waals surface area contributed by atoms with Gasteiger partial charge in [-0.15, -0.1) is 0 Å². The second kappa shape index (κ2) is 7.59. The fourth-order valence-electron chi connectivity index (χ4n) is 2.08. The van der Waals surface area contributed by atoms with Gasteiger partial charge in [-0.1, -0.05) is 60.7 Å². The summed E-state index contributed by atoms with van der Waals surface area (Å²) in [4.78, 5) is 0. The van der Waals surface area contributed by atoms with E-state index in [4.69, 9.17) is 10.1 Å². The maximum Gasteiger partial charge on any atom is 0.333 e. The summed E-state index contributed by atoms with van der Waals surface area (Å²) >= 11 is 0. The van der Waals surface area contributed by atoms with Crippen LogP contribution in [0.4, 0.5) is 0 Å². The topological polar surface area (TPSA) is 34.8 Å². The quantitative estimate of drug-likeness (QED) is 0.565. The molecule has 0 heterocycles. The first-order chi connectivity index (χ1) is 8.81. The van der Waals surface area contributed by atoms with Crippen LogP contribution in [0.5, 0.6) is 0 Å². The molecular formula is C16H18ClNO. The molecule has 2 aromatic rings. The molecular weight excluding hydrogens is 258 g/mol. The van der Waals surface area contributed by atoms with Crippen LogP contribution in [-0.4, -0.2) is 13.0 Å². The van der Waals surface area contributed by atoms with E-state index in [2.05, 4.69) is 24.3 Å². The predicted molar refractivity (Wildman–Crippen MR) is 73.3 cm³/mol. The zero-order valence-electron chi connectivity index (χ0n) is 10.9. The molecule has 2 nitrogen and oxygen atoms in total. The normalized spacial score (nSPS) is 9.79. The van der Waals surface area contributed by atoms with Gasteiger partial charge in [0.1, 0.15) is 0 Å². The van der Waals surface area contributed by atoms with Crippen molar-refractivity contribution in [1.29, 1.82) is 0 Å². The third kappa shape index (κ3) is 4.11. The van der Waals surface area contributed by atoms with Crippen LogP contribution in [0.15, 0.2) is 60.7 Å². The summed E-state index contributed by atoms with van der Waals surface area (Å²) < 4.78 is 5.12. The molecule has 0 saturated carbocycles. The van der Waals surface area contributed by atoms with Gasteiger partial charge >= 0.3 is 5.90 Å². The highest BCUT2D eigenvalue weighted by molar-refractivity contribution is 5.71. The first-order valence-electron chi connectivity index (χ1n) is 6.06. The lowest BCUT2D eigenvalue weighted by atomic mass is 9.88. The number of ether oxygens (including phenoxy) is 1. The number of hydrogen-bond acceptors (Lipinski definition) is 1. The average molecular weight is 276 g/mol. The smallest absolute Gasteiger partial charge is 0.333 e. The average Bonchev–Trinajstić information content (AvgIpc) is 2.46. The second-order valence-corrected chi connectivity index (χ2v) is 4.25. The minimum absolute atomic E-state index is 0. The Morgan fingerprint density at radius 3 is 1.74 bits per heavy atom. The van der Waals surface area contributed by atoms with Crippen LogP contribution in [0, 0.1) is 0 Å².